The second-order valence-corrected chi connectivity index (χ2v) is 7.38. The van der Waals surface area contributed by atoms with Crippen LogP contribution < -0.4 is 0 Å². The minimum atomic E-state index is -3.82. The quantitative estimate of drug-likeness (QED) is 0.350. The number of rotatable bonds is 9. The number of phosphoric acid groups is 1. The first kappa shape index (κ1) is 18.6. The molecule has 128 valence electrons. The van der Waals surface area contributed by atoms with Gasteiger partial charge in [-0.25, -0.2) is 4.57 Å². The van der Waals surface area contributed by atoms with Gasteiger partial charge in [0.1, 0.15) is 6.07 Å². The minimum absolute atomic E-state index is 0.0351. The largest absolute Gasteiger partial charge is 0.550 e. The van der Waals surface area contributed by atoms with Crippen molar-refractivity contribution in [3.8, 4) is 6.07 Å². The van der Waals surface area contributed by atoms with Gasteiger partial charge in [-0.05, 0) is 18.9 Å². The van der Waals surface area contributed by atoms with Crippen LogP contribution in [0.5, 0.6) is 0 Å². The molecule has 0 N–H and O–H groups in total. The maximum Gasteiger partial charge on any atom is 0.550 e. The molecule has 2 rings (SSSR count). The number of nitrogens with zero attached hydrogens (tertiary/aromatic N) is 2. The average molecular weight is 366 g/mol. The Kier molecular flexibility index (Phi) is 6.95. The zero-order valence-electron chi connectivity index (χ0n) is 13.6. The fourth-order valence-corrected chi connectivity index (χ4v) is 3.98. The minimum Gasteiger partial charge on any atom is -0.291 e. The lowest BCUT2D eigenvalue weighted by Crippen LogP contribution is -2.02. The normalized spacial score (nSPS) is 12.3. The Morgan fingerprint density at radius 2 is 1.92 bits per heavy atom. The molecule has 0 radical (unpaired) electrons. The van der Waals surface area contributed by atoms with Crippen LogP contribution >= 0.6 is 19.2 Å². The van der Waals surface area contributed by atoms with E-state index in [0.717, 1.165) is 10.1 Å². The Morgan fingerprint density at radius 3 is 2.54 bits per heavy atom. The highest BCUT2D eigenvalue weighted by atomic mass is 32.1. The van der Waals surface area contributed by atoms with Gasteiger partial charge in [0.15, 0.2) is 5.71 Å². The van der Waals surface area contributed by atoms with Crippen LogP contribution in [0.4, 0.5) is 0 Å². The van der Waals surface area contributed by atoms with Crippen molar-refractivity contribution < 1.29 is 18.2 Å². The van der Waals surface area contributed by atoms with Gasteiger partial charge in [0, 0.05) is 21.0 Å². The van der Waals surface area contributed by atoms with Crippen LogP contribution in [0.1, 0.15) is 32.3 Å². The third kappa shape index (κ3) is 4.65. The van der Waals surface area contributed by atoms with Gasteiger partial charge in [-0.3, -0.25) is 13.7 Å². The summed E-state index contributed by atoms with van der Waals surface area (Å²) >= 11 is 1.50. The van der Waals surface area contributed by atoms with Gasteiger partial charge in [0.25, 0.3) is 0 Å². The highest BCUT2D eigenvalue weighted by molar-refractivity contribution is 7.48. The summed E-state index contributed by atoms with van der Waals surface area (Å²) in [5, 5.41) is 15.9. The Morgan fingerprint density at radius 1 is 1.25 bits per heavy atom. The summed E-state index contributed by atoms with van der Waals surface area (Å²) in [4.78, 5) is 0. The first-order chi connectivity index (χ1) is 11.6. The van der Waals surface area contributed by atoms with Crippen LogP contribution in [0.2, 0.25) is 0 Å². The average Bonchev–Trinajstić information content (AvgIpc) is 3.03. The summed E-state index contributed by atoms with van der Waals surface area (Å²) in [6.07, 6.45) is 1.32. The van der Waals surface area contributed by atoms with E-state index in [2.05, 4.69) is 5.16 Å². The van der Waals surface area contributed by atoms with Gasteiger partial charge in [0.05, 0.1) is 13.2 Å². The van der Waals surface area contributed by atoms with E-state index in [1.54, 1.807) is 0 Å². The summed E-state index contributed by atoms with van der Waals surface area (Å²) in [6, 6.07) is 9.64. The number of nitriles is 1. The number of phosphoric ester groups is 1. The zero-order valence-corrected chi connectivity index (χ0v) is 15.3. The van der Waals surface area contributed by atoms with Crippen LogP contribution in [-0.2, 0) is 18.2 Å². The maximum absolute atomic E-state index is 12.5. The Bertz CT molecular complexity index is 785. The smallest absolute Gasteiger partial charge is 0.291 e. The standard InChI is InChI=1S/C16H19N2O4PS/c1-3-9-20-23(19,21-10-4-2)22-18-15(11-17)14-12-24-16-8-6-5-7-13(14)16/h5-8,12H,3-4,9-10H2,1-2H3/b18-15+. The molecule has 0 aliphatic heterocycles. The third-order valence-electron chi connectivity index (χ3n) is 2.98. The van der Waals surface area contributed by atoms with E-state index in [0.29, 0.717) is 18.4 Å². The zero-order chi connectivity index (χ0) is 17.4. The summed E-state index contributed by atoms with van der Waals surface area (Å²) < 4.78 is 28.9. The number of fused-ring (bicyclic) bond motifs is 1. The first-order valence-electron chi connectivity index (χ1n) is 7.66. The van der Waals surface area contributed by atoms with E-state index in [4.69, 9.17) is 13.7 Å². The summed E-state index contributed by atoms with van der Waals surface area (Å²) in [7, 11) is -3.82. The molecule has 8 heteroatoms. The molecule has 6 nitrogen and oxygen atoms in total. The molecule has 0 aliphatic rings. The molecule has 0 fully saturated rings. The molecule has 1 aromatic carbocycles. The van der Waals surface area contributed by atoms with Gasteiger partial charge < -0.3 is 0 Å². The second-order valence-electron chi connectivity index (χ2n) is 4.89. The summed E-state index contributed by atoms with van der Waals surface area (Å²) in [6.45, 7) is 4.21. The van der Waals surface area contributed by atoms with Crippen LogP contribution in [0.25, 0.3) is 10.1 Å². The topological polar surface area (TPSA) is 80.9 Å². The van der Waals surface area contributed by atoms with Gasteiger partial charge in [-0.15, -0.1) is 11.3 Å². The molecule has 0 atom stereocenters. The van der Waals surface area contributed by atoms with Gasteiger partial charge in [0.2, 0.25) is 0 Å². The van der Waals surface area contributed by atoms with Crippen molar-refractivity contribution in [1.82, 2.24) is 0 Å². The highest BCUT2D eigenvalue weighted by Gasteiger charge is 2.28. The molecular formula is C16H19N2O4PS. The predicted molar refractivity (Wildman–Crippen MR) is 95.2 cm³/mol. The van der Waals surface area contributed by atoms with Crippen molar-refractivity contribution in [2.75, 3.05) is 13.2 Å². The fraction of sp³-hybridized carbons (Fsp3) is 0.375. The molecule has 0 saturated heterocycles. The highest BCUT2D eigenvalue weighted by Crippen LogP contribution is 2.50. The van der Waals surface area contributed by atoms with E-state index in [1.807, 2.05) is 49.6 Å². The molecule has 24 heavy (non-hydrogen) atoms. The van der Waals surface area contributed by atoms with Crippen molar-refractivity contribution in [3.05, 3.63) is 35.2 Å². The molecule has 0 aliphatic carbocycles. The molecule has 1 heterocycles. The second kappa shape index (κ2) is 8.95. The maximum atomic E-state index is 12.5. The number of benzene rings is 1. The SMILES string of the molecule is CCCOP(=O)(OCCC)O/N=C(\C#N)c1csc2ccccc12. The Hall–Kier alpha value is -1.71. The van der Waals surface area contributed by atoms with Crippen molar-refractivity contribution in [3.63, 3.8) is 0 Å². The summed E-state index contributed by atoms with van der Waals surface area (Å²) in [5.74, 6) is 0. The molecule has 0 amide bonds. The molecule has 0 unspecified atom stereocenters. The number of thiophene rings is 1. The molecule has 0 spiro atoms. The van der Waals surface area contributed by atoms with E-state index in [1.165, 1.54) is 11.3 Å². The van der Waals surface area contributed by atoms with E-state index >= 15 is 0 Å². The van der Waals surface area contributed by atoms with E-state index in [-0.39, 0.29) is 18.9 Å². The number of oxime groups is 1. The molecular weight excluding hydrogens is 347 g/mol. The van der Waals surface area contributed by atoms with Gasteiger partial charge in [-0.1, -0.05) is 37.2 Å². The summed E-state index contributed by atoms with van der Waals surface area (Å²) in [5.41, 5.74) is 0.670. The van der Waals surface area contributed by atoms with Crippen LogP contribution in [0.15, 0.2) is 34.8 Å². The molecule has 1 aromatic heterocycles. The molecule has 2 aromatic rings. The molecule has 0 bridgehead atoms. The number of hydrogen-bond donors (Lipinski definition) is 0. The van der Waals surface area contributed by atoms with Crippen molar-refractivity contribution in [2.45, 2.75) is 26.7 Å². The third-order valence-corrected chi connectivity index (χ3v) is 5.22. The lowest BCUT2D eigenvalue weighted by atomic mass is 10.1. The van der Waals surface area contributed by atoms with Gasteiger partial charge in [-0.2, -0.15) is 5.26 Å². The first-order valence-corrected chi connectivity index (χ1v) is 10.00. The lowest BCUT2D eigenvalue weighted by Gasteiger charge is -2.14. The van der Waals surface area contributed by atoms with Crippen molar-refractivity contribution >= 4 is 35.0 Å². The lowest BCUT2D eigenvalue weighted by molar-refractivity contribution is 0.116. The van der Waals surface area contributed by atoms with Crippen molar-refractivity contribution in [2.24, 2.45) is 5.16 Å². The monoisotopic (exact) mass is 366 g/mol. The fourth-order valence-electron chi connectivity index (χ4n) is 1.87. The van der Waals surface area contributed by atoms with E-state index in [9.17, 15) is 9.83 Å². The molecule has 0 saturated carbocycles. The van der Waals surface area contributed by atoms with Crippen LogP contribution in [-0.4, -0.2) is 18.9 Å². The Labute approximate surface area is 145 Å². The number of hydrogen-bond acceptors (Lipinski definition) is 7. The van der Waals surface area contributed by atoms with Gasteiger partial charge >= 0.3 is 7.82 Å². The van der Waals surface area contributed by atoms with Crippen LogP contribution in [0, 0.1) is 11.3 Å². The van der Waals surface area contributed by atoms with Crippen molar-refractivity contribution in [1.29, 1.82) is 5.26 Å². The predicted octanol–water partition coefficient (Wildman–Crippen LogP) is 5.11. The van der Waals surface area contributed by atoms with E-state index < -0.39 is 7.82 Å². The van der Waals surface area contributed by atoms with Crippen LogP contribution in [0.3, 0.4) is 0 Å². The Balaban J connectivity index is 2.25.